The van der Waals surface area contributed by atoms with Crippen molar-refractivity contribution in [2.75, 3.05) is 9.80 Å². The van der Waals surface area contributed by atoms with Crippen molar-refractivity contribution in [3.05, 3.63) is 59.2 Å². The zero-order valence-electron chi connectivity index (χ0n) is 15.9. The van der Waals surface area contributed by atoms with Gasteiger partial charge in [-0.3, -0.25) is 9.69 Å². The van der Waals surface area contributed by atoms with Gasteiger partial charge in [-0.05, 0) is 43.7 Å². The molecule has 1 heterocycles. The molecule has 1 amide bonds. The van der Waals surface area contributed by atoms with Crippen LogP contribution in [0.15, 0.2) is 42.5 Å². The fraction of sp³-hybridized carbons (Fsp3) is 0.333. The number of rotatable bonds is 4. The summed E-state index contributed by atoms with van der Waals surface area (Å²) in [7, 11) is 0. The van der Waals surface area contributed by atoms with Crippen LogP contribution in [0.25, 0.3) is 0 Å². The minimum atomic E-state index is -4.70. The lowest BCUT2D eigenvalue weighted by Gasteiger charge is -2.30. The second-order valence-corrected chi connectivity index (χ2v) is 7.40. The number of carbonyl (C=O) groups excluding carboxylic acids is 1. The first-order chi connectivity index (χ1) is 13.7. The molecule has 3 rings (SSSR count). The number of carbonyl (C=O) groups is 1. The highest BCUT2D eigenvalue weighted by Crippen LogP contribution is 2.39. The molecule has 0 aromatic heterocycles. The van der Waals surface area contributed by atoms with Gasteiger partial charge in [0.15, 0.2) is 5.50 Å². The third-order valence-electron chi connectivity index (χ3n) is 4.94. The molecule has 0 spiro atoms. The Kier molecular flexibility index (Phi) is 5.80. The zero-order valence-corrected chi connectivity index (χ0v) is 16.8. The summed E-state index contributed by atoms with van der Waals surface area (Å²) >= 11 is 4.58. The average Bonchev–Trinajstić information content (AvgIpc) is 2.92. The van der Waals surface area contributed by atoms with Crippen molar-refractivity contribution in [3.8, 4) is 6.07 Å². The number of alkyl halides is 3. The molecule has 0 saturated carbocycles. The number of hydrogen-bond donors (Lipinski definition) is 1. The summed E-state index contributed by atoms with van der Waals surface area (Å²) in [5, 5.41) is 9.01. The van der Waals surface area contributed by atoms with E-state index in [-0.39, 0.29) is 11.6 Å². The van der Waals surface area contributed by atoms with Gasteiger partial charge in [0, 0.05) is 11.4 Å². The van der Waals surface area contributed by atoms with E-state index in [1.54, 1.807) is 6.07 Å². The Morgan fingerprint density at radius 1 is 1.14 bits per heavy atom. The minimum Gasteiger partial charge on any atom is -0.330 e. The third-order valence-corrected chi connectivity index (χ3v) is 5.42. The first kappa shape index (κ1) is 21.1. The lowest BCUT2D eigenvalue weighted by Crippen LogP contribution is -2.37. The van der Waals surface area contributed by atoms with Gasteiger partial charge >= 0.3 is 6.18 Å². The molecule has 8 heteroatoms. The minimum absolute atomic E-state index is 0.0667. The van der Waals surface area contributed by atoms with E-state index < -0.39 is 28.8 Å². The number of nitriles is 1. The van der Waals surface area contributed by atoms with Crippen molar-refractivity contribution in [3.63, 3.8) is 0 Å². The Bertz CT molecular complexity index is 953. The van der Waals surface area contributed by atoms with Crippen LogP contribution < -0.4 is 9.80 Å². The van der Waals surface area contributed by atoms with E-state index >= 15 is 0 Å². The lowest BCUT2D eigenvalue weighted by molar-refractivity contribution is -0.137. The molecule has 2 atom stereocenters. The topological polar surface area (TPSA) is 47.3 Å². The van der Waals surface area contributed by atoms with Crippen LogP contribution in [-0.4, -0.2) is 17.4 Å². The van der Waals surface area contributed by atoms with Gasteiger partial charge in [-0.15, -0.1) is 12.6 Å². The van der Waals surface area contributed by atoms with E-state index in [2.05, 4.69) is 12.6 Å². The normalized spacial score (nSPS) is 19.6. The molecule has 1 fully saturated rings. The Hall–Kier alpha value is -2.66. The standard InChI is InChI=1S/C21H20F3N3OS/c1-3-4-18-19(28)27(20(29)26(18)15-8-5-13(2)6-9-15)16-10-7-14(12-25)17(11-16)21(22,23)24/h5-11,18,20,29H,3-4H2,1-2H3. The van der Waals surface area contributed by atoms with Crippen molar-refractivity contribution < 1.29 is 18.0 Å². The summed E-state index contributed by atoms with van der Waals surface area (Å²) in [4.78, 5) is 16.2. The maximum absolute atomic E-state index is 13.4. The Morgan fingerprint density at radius 2 is 1.76 bits per heavy atom. The largest absolute Gasteiger partial charge is 0.417 e. The van der Waals surface area contributed by atoms with E-state index in [0.29, 0.717) is 6.42 Å². The fourth-order valence-corrected chi connectivity index (χ4v) is 4.06. The molecule has 152 valence electrons. The molecule has 0 aliphatic carbocycles. The molecule has 4 nitrogen and oxygen atoms in total. The first-order valence-corrected chi connectivity index (χ1v) is 9.68. The third kappa shape index (κ3) is 3.92. The highest BCUT2D eigenvalue weighted by Gasteiger charge is 2.45. The number of anilines is 2. The van der Waals surface area contributed by atoms with Crippen molar-refractivity contribution in [2.45, 2.75) is 44.4 Å². The van der Waals surface area contributed by atoms with E-state index in [1.807, 2.05) is 43.0 Å². The second-order valence-electron chi connectivity index (χ2n) is 6.94. The van der Waals surface area contributed by atoms with Crippen molar-refractivity contribution in [1.29, 1.82) is 5.26 Å². The molecule has 2 aromatic carbocycles. The monoisotopic (exact) mass is 419 g/mol. The zero-order chi connectivity index (χ0) is 21.3. The number of thiol groups is 1. The van der Waals surface area contributed by atoms with Gasteiger partial charge in [-0.2, -0.15) is 18.4 Å². The van der Waals surface area contributed by atoms with E-state index in [4.69, 9.17) is 5.26 Å². The smallest absolute Gasteiger partial charge is 0.330 e. The van der Waals surface area contributed by atoms with Crippen LogP contribution in [0.1, 0.15) is 36.5 Å². The maximum atomic E-state index is 13.4. The van der Waals surface area contributed by atoms with Crippen molar-refractivity contribution in [2.24, 2.45) is 0 Å². The Balaban J connectivity index is 2.07. The number of benzene rings is 2. The molecule has 1 aliphatic rings. The molecule has 0 N–H and O–H groups in total. The molecular weight excluding hydrogens is 399 g/mol. The predicted molar refractivity (Wildman–Crippen MR) is 109 cm³/mol. The SMILES string of the molecule is CCCC1C(=O)N(c2ccc(C#N)c(C(F)(F)F)c2)C(S)N1c1ccc(C)cc1. The van der Waals surface area contributed by atoms with Crippen LogP contribution in [-0.2, 0) is 11.0 Å². The van der Waals surface area contributed by atoms with Gasteiger partial charge in [0.1, 0.15) is 6.04 Å². The number of halogens is 3. The summed E-state index contributed by atoms with van der Waals surface area (Å²) in [6.45, 7) is 3.89. The number of amides is 1. The quantitative estimate of drug-likeness (QED) is 0.700. The number of aryl methyl sites for hydroxylation is 1. The molecule has 1 aliphatic heterocycles. The maximum Gasteiger partial charge on any atom is 0.417 e. The number of nitrogens with zero attached hydrogens (tertiary/aromatic N) is 3. The summed E-state index contributed by atoms with van der Waals surface area (Å²) in [5.41, 5.74) is -0.418. The second kappa shape index (κ2) is 7.99. The van der Waals surface area contributed by atoms with Gasteiger partial charge in [-0.1, -0.05) is 31.0 Å². The van der Waals surface area contributed by atoms with E-state index in [0.717, 1.165) is 29.8 Å². The summed E-state index contributed by atoms with van der Waals surface area (Å²) in [5.74, 6) is -0.315. The van der Waals surface area contributed by atoms with Crippen molar-refractivity contribution >= 4 is 29.9 Å². The van der Waals surface area contributed by atoms with Gasteiger partial charge < -0.3 is 4.90 Å². The molecule has 29 heavy (non-hydrogen) atoms. The summed E-state index contributed by atoms with van der Waals surface area (Å²) < 4.78 is 40.2. The molecule has 0 radical (unpaired) electrons. The van der Waals surface area contributed by atoms with Gasteiger partial charge in [0.05, 0.1) is 17.2 Å². The Labute approximate surface area is 172 Å². The van der Waals surface area contributed by atoms with E-state index in [1.165, 1.54) is 11.0 Å². The van der Waals surface area contributed by atoms with Crippen LogP contribution in [0.2, 0.25) is 0 Å². The Morgan fingerprint density at radius 3 is 2.31 bits per heavy atom. The number of hydrogen-bond acceptors (Lipinski definition) is 4. The molecule has 0 bridgehead atoms. The van der Waals surface area contributed by atoms with Crippen LogP contribution in [0.3, 0.4) is 0 Å². The summed E-state index contributed by atoms with van der Waals surface area (Å²) in [6, 6.07) is 11.9. The van der Waals surface area contributed by atoms with Gasteiger partial charge in [-0.25, -0.2) is 0 Å². The van der Waals surface area contributed by atoms with E-state index in [9.17, 15) is 18.0 Å². The summed E-state index contributed by atoms with van der Waals surface area (Å²) in [6.07, 6.45) is -3.42. The van der Waals surface area contributed by atoms with Crippen LogP contribution >= 0.6 is 12.6 Å². The van der Waals surface area contributed by atoms with Gasteiger partial charge in [0.25, 0.3) is 5.91 Å². The molecular formula is C21H20F3N3OS. The van der Waals surface area contributed by atoms with Gasteiger partial charge in [0.2, 0.25) is 0 Å². The first-order valence-electron chi connectivity index (χ1n) is 9.16. The average molecular weight is 419 g/mol. The highest BCUT2D eigenvalue weighted by atomic mass is 32.1. The fourth-order valence-electron chi connectivity index (χ4n) is 3.52. The lowest BCUT2D eigenvalue weighted by atomic mass is 10.1. The molecule has 2 unspecified atom stereocenters. The predicted octanol–water partition coefficient (Wildman–Crippen LogP) is 5.12. The van der Waals surface area contributed by atoms with Crippen molar-refractivity contribution in [1.82, 2.24) is 0 Å². The van der Waals surface area contributed by atoms with Crippen LogP contribution in [0, 0.1) is 18.3 Å². The highest BCUT2D eigenvalue weighted by molar-refractivity contribution is 7.81. The van der Waals surface area contributed by atoms with Crippen LogP contribution in [0.5, 0.6) is 0 Å². The molecule has 1 saturated heterocycles. The molecule has 2 aromatic rings. The van der Waals surface area contributed by atoms with Crippen LogP contribution in [0.4, 0.5) is 24.5 Å².